The Hall–Kier alpha value is -1.88. The van der Waals surface area contributed by atoms with Crippen molar-refractivity contribution in [3.8, 4) is 0 Å². The molecule has 0 radical (unpaired) electrons. The van der Waals surface area contributed by atoms with Gasteiger partial charge >= 0.3 is 5.97 Å². The smallest absolute Gasteiger partial charge is 0.328 e. The number of hydrogen-bond donors (Lipinski definition) is 0. The second-order valence-electron chi connectivity index (χ2n) is 5.10. The topological polar surface area (TPSA) is 63.7 Å². The average molecular weight is 294 g/mol. The fraction of sp³-hybridized carbons (Fsp3) is 0.357. The van der Waals surface area contributed by atoms with Gasteiger partial charge in [-0.05, 0) is 18.6 Å². The van der Waals surface area contributed by atoms with Crippen LogP contribution in [0.5, 0.6) is 0 Å². The Morgan fingerprint density at radius 1 is 1.30 bits per heavy atom. The molecule has 2 fully saturated rings. The van der Waals surface area contributed by atoms with Gasteiger partial charge in [-0.25, -0.2) is 4.90 Å². The largest absolute Gasteiger partial charge is 0.468 e. The second-order valence-corrected chi connectivity index (χ2v) is 5.74. The highest BCUT2D eigenvalue weighted by Crippen LogP contribution is 2.67. The molecule has 6 heteroatoms. The van der Waals surface area contributed by atoms with E-state index in [0.29, 0.717) is 5.69 Å². The fourth-order valence-corrected chi connectivity index (χ4v) is 3.28. The van der Waals surface area contributed by atoms with Crippen molar-refractivity contribution in [1.82, 2.24) is 0 Å². The van der Waals surface area contributed by atoms with E-state index in [2.05, 4.69) is 4.74 Å². The number of anilines is 1. The minimum atomic E-state index is -1.40. The number of methoxy groups -OCH3 is 1. The highest BCUT2D eigenvalue weighted by molar-refractivity contribution is 6.43. The second kappa shape index (κ2) is 4.06. The first-order valence-electron chi connectivity index (χ1n) is 6.16. The highest BCUT2D eigenvalue weighted by Gasteiger charge is 2.80. The molecule has 1 saturated heterocycles. The van der Waals surface area contributed by atoms with E-state index >= 15 is 0 Å². The quantitative estimate of drug-likeness (QED) is 0.471. The predicted molar refractivity (Wildman–Crippen MR) is 71.2 cm³/mol. The molecule has 0 bridgehead atoms. The number of rotatable bonds is 2. The van der Waals surface area contributed by atoms with Crippen molar-refractivity contribution in [3.63, 3.8) is 0 Å². The van der Waals surface area contributed by atoms with Gasteiger partial charge < -0.3 is 4.74 Å². The number of carbonyl (C=O) groups is 3. The molecule has 0 aromatic heterocycles. The molecule has 2 atom stereocenters. The third kappa shape index (κ3) is 1.47. The van der Waals surface area contributed by atoms with Gasteiger partial charge in [-0.2, -0.15) is 0 Å². The highest BCUT2D eigenvalue weighted by atomic mass is 35.5. The Kier molecular flexibility index (Phi) is 2.66. The van der Waals surface area contributed by atoms with E-state index in [1.807, 2.05) is 0 Å². The van der Waals surface area contributed by atoms with Gasteiger partial charge in [-0.1, -0.05) is 18.2 Å². The summed E-state index contributed by atoms with van der Waals surface area (Å²) in [7, 11) is 1.22. The minimum absolute atomic E-state index is 0.0562. The van der Waals surface area contributed by atoms with E-state index in [-0.39, 0.29) is 18.7 Å². The zero-order valence-electron chi connectivity index (χ0n) is 10.8. The van der Waals surface area contributed by atoms with Crippen LogP contribution in [0.1, 0.15) is 12.8 Å². The van der Waals surface area contributed by atoms with Crippen molar-refractivity contribution in [3.05, 3.63) is 30.3 Å². The molecule has 0 N–H and O–H groups in total. The molecule has 1 spiro atoms. The number of hydrogen-bond acceptors (Lipinski definition) is 4. The summed E-state index contributed by atoms with van der Waals surface area (Å²) in [6.45, 7) is 0. The molecule has 3 rings (SSSR count). The lowest BCUT2D eigenvalue weighted by Crippen LogP contribution is -2.35. The third-order valence-corrected chi connectivity index (χ3v) is 4.67. The van der Waals surface area contributed by atoms with E-state index in [9.17, 15) is 14.4 Å². The van der Waals surface area contributed by atoms with Crippen molar-refractivity contribution in [2.24, 2.45) is 5.41 Å². The van der Waals surface area contributed by atoms with Gasteiger partial charge in [0, 0.05) is 6.42 Å². The zero-order valence-corrected chi connectivity index (χ0v) is 11.5. The summed E-state index contributed by atoms with van der Waals surface area (Å²) >= 11 is 6.20. The van der Waals surface area contributed by atoms with Gasteiger partial charge in [-0.15, -0.1) is 11.6 Å². The maximum atomic E-state index is 12.5. The monoisotopic (exact) mass is 293 g/mol. The van der Waals surface area contributed by atoms with Crippen molar-refractivity contribution in [1.29, 1.82) is 0 Å². The van der Waals surface area contributed by atoms with Gasteiger partial charge in [0.05, 0.1) is 18.2 Å². The predicted octanol–water partition coefficient (Wildman–Crippen LogP) is 1.49. The molecule has 1 aromatic carbocycles. The number of alkyl halides is 1. The van der Waals surface area contributed by atoms with Crippen molar-refractivity contribution in [2.45, 2.75) is 17.7 Å². The Morgan fingerprint density at radius 3 is 2.55 bits per heavy atom. The van der Waals surface area contributed by atoms with Crippen LogP contribution >= 0.6 is 11.6 Å². The van der Waals surface area contributed by atoms with Crippen LogP contribution < -0.4 is 4.90 Å². The maximum Gasteiger partial charge on any atom is 0.328 e. The Labute approximate surface area is 120 Å². The molecule has 5 nitrogen and oxygen atoms in total. The Balaban J connectivity index is 1.96. The Bertz CT molecular complexity index is 617. The number of halogens is 1. The molecule has 2 amide bonds. The molecule has 104 valence electrons. The van der Waals surface area contributed by atoms with Crippen molar-refractivity contribution in [2.75, 3.05) is 12.0 Å². The number of carbonyl (C=O) groups excluding carboxylic acids is 3. The summed E-state index contributed by atoms with van der Waals surface area (Å²) < 4.78 is 4.64. The molecule has 1 aliphatic heterocycles. The van der Waals surface area contributed by atoms with Gasteiger partial charge in [0.2, 0.25) is 11.8 Å². The van der Waals surface area contributed by atoms with Gasteiger partial charge in [-0.3, -0.25) is 14.4 Å². The third-order valence-electron chi connectivity index (χ3n) is 4.02. The SMILES string of the molecule is COC(=O)[C@@]1(Cl)C[C@]12CC(=O)N(c1ccccc1)C2=O. The number of para-hydroxylation sites is 1. The number of amides is 2. The summed E-state index contributed by atoms with van der Waals surface area (Å²) in [5.41, 5.74) is -0.649. The zero-order chi connectivity index (χ0) is 14.5. The molecule has 1 saturated carbocycles. The summed E-state index contributed by atoms with van der Waals surface area (Å²) in [6, 6.07) is 8.61. The van der Waals surface area contributed by atoms with E-state index < -0.39 is 22.2 Å². The van der Waals surface area contributed by atoms with Crippen LogP contribution in [0.3, 0.4) is 0 Å². The molecule has 1 aromatic rings. The molecule has 2 aliphatic rings. The normalized spacial score (nSPS) is 31.8. The van der Waals surface area contributed by atoms with Gasteiger partial charge in [0.15, 0.2) is 4.87 Å². The van der Waals surface area contributed by atoms with Crippen LogP contribution in [-0.2, 0) is 19.1 Å². The van der Waals surface area contributed by atoms with E-state index in [0.717, 1.165) is 4.90 Å². The first kappa shape index (κ1) is 13.1. The van der Waals surface area contributed by atoms with Crippen molar-refractivity contribution < 1.29 is 19.1 Å². The number of imide groups is 1. The van der Waals surface area contributed by atoms with E-state index in [1.165, 1.54) is 7.11 Å². The number of nitrogens with zero attached hydrogens (tertiary/aromatic N) is 1. The van der Waals surface area contributed by atoms with Crippen LogP contribution in [0.15, 0.2) is 30.3 Å². The lowest BCUT2D eigenvalue weighted by molar-refractivity contribution is -0.143. The van der Waals surface area contributed by atoms with Crippen LogP contribution in [-0.4, -0.2) is 29.8 Å². The van der Waals surface area contributed by atoms with E-state index in [1.54, 1.807) is 30.3 Å². The van der Waals surface area contributed by atoms with Crippen LogP contribution in [0.4, 0.5) is 5.69 Å². The van der Waals surface area contributed by atoms with Crippen molar-refractivity contribution >= 4 is 35.1 Å². The lowest BCUT2D eigenvalue weighted by atomic mass is 10.0. The molecule has 1 aliphatic carbocycles. The van der Waals surface area contributed by atoms with Crippen LogP contribution in [0, 0.1) is 5.41 Å². The summed E-state index contributed by atoms with van der Waals surface area (Å²) in [5, 5.41) is 0. The molecular weight excluding hydrogens is 282 g/mol. The standard InChI is InChI=1S/C14H12ClNO4/c1-20-12(19)14(15)8-13(14)7-10(17)16(11(13)18)9-5-3-2-4-6-9/h2-6H,7-8H2,1H3/t13-,14-/m0/s1. The summed E-state index contributed by atoms with van der Waals surface area (Å²) in [6.07, 6.45) is 0.0848. The fourth-order valence-electron chi connectivity index (χ4n) is 2.83. The summed E-state index contributed by atoms with van der Waals surface area (Å²) in [4.78, 5) is 36.1. The van der Waals surface area contributed by atoms with Crippen LogP contribution in [0.25, 0.3) is 0 Å². The van der Waals surface area contributed by atoms with Gasteiger partial charge in [0.25, 0.3) is 0 Å². The first-order valence-corrected chi connectivity index (χ1v) is 6.54. The Morgan fingerprint density at radius 2 is 1.95 bits per heavy atom. The molecule has 20 heavy (non-hydrogen) atoms. The lowest BCUT2D eigenvalue weighted by Gasteiger charge is -2.16. The molecule has 0 unspecified atom stereocenters. The number of esters is 1. The van der Waals surface area contributed by atoms with Gasteiger partial charge in [0.1, 0.15) is 0 Å². The first-order chi connectivity index (χ1) is 9.46. The number of ether oxygens (including phenoxy) is 1. The maximum absolute atomic E-state index is 12.5. The van der Waals surface area contributed by atoms with Crippen LogP contribution in [0.2, 0.25) is 0 Å². The summed E-state index contributed by atoms with van der Waals surface area (Å²) in [5.74, 6) is -1.42. The minimum Gasteiger partial charge on any atom is -0.468 e. The number of benzene rings is 1. The average Bonchev–Trinajstić information content (AvgIpc) is 2.97. The molecular formula is C14H12ClNO4. The van der Waals surface area contributed by atoms with E-state index in [4.69, 9.17) is 11.6 Å². The molecule has 1 heterocycles.